The van der Waals surface area contributed by atoms with Crippen molar-refractivity contribution in [2.45, 2.75) is 43.6 Å². The standard InChI is InChI=1S/C29H32N2O5/c1-31(2)20-10-13-26-24(14-20)25-15-23(35-27(18-32)29(25)36-26)16-28(33)30-17-19-8-11-22(12-9-19)34-21-6-4-3-5-7-21/h3-14,23,25,27,29,32H,15-18H2,1-2H3,(H,30,33)/t23-,25-,27-,29+/m1/s1. The Morgan fingerprint density at radius 2 is 1.81 bits per heavy atom. The predicted octanol–water partition coefficient (Wildman–Crippen LogP) is 4.25. The number of rotatable bonds is 8. The molecule has 2 heterocycles. The van der Waals surface area contributed by atoms with Gasteiger partial charge in [0.15, 0.2) is 0 Å². The van der Waals surface area contributed by atoms with Crippen molar-refractivity contribution in [1.82, 2.24) is 5.32 Å². The Morgan fingerprint density at radius 1 is 1.06 bits per heavy atom. The van der Waals surface area contributed by atoms with E-state index in [4.69, 9.17) is 14.2 Å². The molecule has 1 saturated heterocycles. The molecule has 188 valence electrons. The Labute approximate surface area is 211 Å². The Balaban J connectivity index is 1.17. The fourth-order valence-electron chi connectivity index (χ4n) is 4.93. The topological polar surface area (TPSA) is 80.3 Å². The second-order valence-electron chi connectivity index (χ2n) is 9.56. The number of amides is 1. The summed E-state index contributed by atoms with van der Waals surface area (Å²) in [6, 6.07) is 23.4. The van der Waals surface area contributed by atoms with Crippen LogP contribution >= 0.6 is 0 Å². The van der Waals surface area contributed by atoms with Gasteiger partial charge in [0.25, 0.3) is 0 Å². The van der Waals surface area contributed by atoms with E-state index in [1.807, 2.05) is 80.8 Å². The molecule has 7 nitrogen and oxygen atoms in total. The van der Waals surface area contributed by atoms with E-state index in [1.165, 1.54) is 0 Å². The van der Waals surface area contributed by atoms with E-state index in [2.05, 4.69) is 16.3 Å². The number of hydrogen-bond acceptors (Lipinski definition) is 6. The summed E-state index contributed by atoms with van der Waals surface area (Å²) in [4.78, 5) is 14.8. The molecule has 3 aromatic rings. The van der Waals surface area contributed by atoms with E-state index in [0.29, 0.717) is 13.0 Å². The summed E-state index contributed by atoms with van der Waals surface area (Å²) in [5.41, 5.74) is 3.20. The maximum absolute atomic E-state index is 12.8. The van der Waals surface area contributed by atoms with Crippen LogP contribution in [0, 0.1) is 0 Å². The van der Waals surface area contributed by atoms with Crippen LogP contribution in [-0.4, -0.2) is 50.0 Å². The molecule has 0 saturated carbocycles. The molecule has 5 rings (SSSR count). The summed E-state index contributed by atoms with van der Waals surface area (Å²) >= 11 is 0. The number of para-hydroxylation sites is 1. The molecule has 0 aliphatic carbocycles. The number of benzene rings is 3. The van der Waals surface area contributed by atoms with E-state index in [-0.39, 0.29) is 37.1 Å². The highest BCUT2D eigenvalue weighted by atomic mass is 16.6. The average molecular weight is 489 g/mol. The van der Waals surface area contributed by atoms with Gasteiger partial charge in [-0.25, -0.2) is 0 Å². The van der Waals surface area contributed by atoms with Gasteiger partial charge in [-0.15, -0.1) is 0 Å². The van der Waals surface area contributed by atoms with Crippen LogP contribution in [0.15, 0.2) is 72.8 Å². The summed E-state index contributed by atoms with van der Waals surface area (Å²) in [6.07, 6.45) is -0.0865. The molecule has 0 aromatic heterocycles. The molecular formula is C29H32N2O5. The first-order valence-corrected chi connectivity index (χ1v) is 12.3. The van der Waals surface area contributed by atoms with Gasteiger partial charge in [-0.1, -0.05) is 30.3 Å². The van der Waals surface area contributed by atoms with E-state index in [1.54, 1.807) is 0 Å². The van der Waals surface area contributed by atoms with E-state index >= 15 is 0 Å². The van der Waals surface area contributed by atoms with E-state index in [0.717, 1.165) is 34.1 Å². The molecular weight excluding hydrogens is 456 g/mol. The van der Waals surface area contributed by atoms with Crippen LogP contribution in [0.4, 0.5) is 5.69 Å². The van der Waals surface area contributed by atoms with Gasteiger partial charge >= 0.3 is 0 Å². The molecule has 0 radical (unpaired) electrons. The number of fused-ring (bicyclic) bond motifs is 3. The van der Waals surface area contributed by atoms with Crippen molar-refractivity contribution in [2.75, 3.05) is 25.6 Å². The highest BCUT2D eigenvalue weighted by Gasteiger charge is 2.46. The quantitative estimate of drug-likeness (QED) is 0.494. The Morgan fingerprint density at radius 3 is 2.53 bits per heavy atom. The smallest absolute Gasteiger partial charge is 0.222 e. The van der Waals surface area contributed by atoms with Crippen LogP contribution in [0.25, 0.3) is 0 Å². The number of carbonyl (C=O) groups excluding carboxylic acids is 1. The van der Waals surface area contributed by atoms with Crippen molar-refractivity contribution in [3.8, 4) is 17.2 Å². The van der Waals surface area contributed by atoms with Gasteiger partial charge in [0.1, 0.15) is 29.5 Å². The number of hydrogen-bond donors (Lipinski definition) is 2. The first-order chi connectivity index (χ1) is 17.5. The Bertz CT molecular complexity index is 1180. The molecule has 3 aromatic carbocycles. The van der Waals surface area contributed by atoms with Gasteiger partial charge in [0, 0.05) is 37.8 Å². The highest BCUT2D eigenvalue weighted by molar-refractivity contribution is 5.76. The van der Waals surface area contributed by atoms with Gasteiger partial charge in [0.2, 0.25) is 5.91 Å². The SMILES string of the molecule is CN(C)c1ccc2c(c1)[C@H]1C[C@H](CC(=O)NCc3ccc(Oc4ccccc4)cc3)O[C@H](CO)[C@H]1O2. The minimum Gasteiger partial charge on any atom is -0.487 e. The van der Waals surface area contributed by atoms with Crippen molar-refractivity contribution in [2.24, 2.45) is 0 Å². The lowest BCUT2D eigenvalue weighted by Gasteiger charge is -2.37. The predicted molar refractivity (Wildman–Crippen MR) is 138 cm³/mol. The van der Waals surface area contributed by atoms with Crippen molar-refractivity contribution in [3.63, 3.8) is 0 Å². The van der Waals surface area contributed by atoms with Crippen LogP contribution in [0.2, 0.25) is 0 Å². The van der Waals surface area contributed by atoms with Crippen LogP contribution in [0.1, 0.15) is 29.9 Å². The normalized spacial score (nSPS) is 22.2. The van der Waals surface area contributed by atoms with Crippen molar-refractivity contribution < 1.29 is 24.1 Å². The molecule has 36 heavy (non-hydrogen) atoms. The summed E-state index contributed by atoms with van der Waals surface area (Å²) in [5.74, 6) is 2.36. The zero-order chi connectivity index (χ0) is 25.1. The summed E-state index contributed by atoms with van der Waals surface area (Å²) in [5, 5.41) is 12.9. The average Bonchev–Trinajstić information content (AvgIpc) is 3.26. The fraction of sp³-hybridized carbons (Fsp3) is 0.345. The third-order valence-corrected chi connectivity index (χ3v) is 6.80. The maximum atomic E-state index is 12.8. The number of anilines is 1. The molecule has 0 unspecified atom stereocenters. The summed E-state index contributed by atoms with van der Waals surface area (Å²) < 4.78 is 18.1. The Hall–Kier alpha value is -3.55. The maximum Gasteiger partial charge on any atom is 0.222 e. The number of aliphatic hydroxyl groups excluding tert-OH is 1. The van der Waals surface area contributed by atoms with Crippen LogP contribution in [0.5, 0.6) is 17.2 Å². The lowest BCUT2D eigenvalue weighted by atomic mass is 9.84. The van der Waals surface area contributed by atoms with Crippen molar-refractivity contribution >= 4 is 11.6 Å². The number of ether oxygens (including phenoxy) is 3. The van der Waals surface area contributed by atoms with Crippen molar-refractivity contribution in [1.29, 1.82) is 0 Å². The van der Waals surface area contributed by atoms with Gasteiger partial charge in [-0.05, 0) is 54.4 Å². The number of nitrogens with zero attached hydrogens (tertiary/aromatic N) is 1. The third-order valence-electron chi connectivity index (χ3n) is 6.80. The summed E-state index contributed by atoms with van der Waals surface area (Å²) in [7, 11) is 4.01. The second-order valence-corrected chi connectivity index (χ2v) is 9.56. The van der Waals surface area contributed by atoms with Crippen LogP contribution in [-0.2, 0) is 16.1 Å². The Kier molecular flexibility index (Phi) is 7.11. The molecule has 4 atom stereocenters. The molecule has 2 N–H and O–H groups in total. The molecule has 0 bridgehead atoms. The van der Waals surface area contributed by atoms with Gasteiger partial charge < -0.3 is 29.5 Å². The largest absolute Gasteiger partial charge is 0.487 e. The monoisotopic (exact) mass is 488 g/mol. The number of carbonyl (C=O) groups is 1. The first kappa shape index (κ1) is 24.2. The second kappa shape index (κ2) is 10.6. The molecule has 1 fully saturated rings. The zero-order valence-corrected chi connectivity index (χ0v) is 20.6. The van der Waals surface area contributed by atoms with Gasteiger partial charge in [-0.2, -0.15) is 0 Å². The fourth-order valence-corrected chi connectivity index (χ4v) is 4.93. The first-order valence-electron chi connectivity index (χ1n) is 12.3. The lowest BCUT2D eigenvalue weighted by Crippen LogP contribution is -2.47. The number of aliphatic hydroxyl groups is 1. The third kappa shape index (κ3) is 5.32. The molecule has 2 aliphatic rings. The van der Waals surface area contributed by atoms with E-state index in [9.17, 15) is 9.90 Å². The molecule has 0 spiro atoms. The lowest BCUT2D eigenvalue weighted by molar-refractivity contribution is -0.142. The number of nitrogens with one attached hydrogen (secondary N) is 1. The highest BCUT2D eigenvalue weighted by Crippen LogP contribution is 2.47. The van der Waals surface area contributed by atoms with Crippen LogP contribution in [0.3, 0.4) is 0 Å². The van der Waals surface area contributed by atoms with Gasteiger partial charge in [0.05, 0.1) is 19.1 Å². The molecule has 1 amide bonds. The van der Waals surface area contributed by atoms with Gasteiger partial charge in [-0.3, -0.25) is 4.79 Å². The molecule has 2 aliphatic heterocycles. The minimum atomic E-state index is -0.464. The summed E-state index contributed by atoms with van der Waals surface area (Å²) in [6.45, 7) is 0.274. The zero-order valence-electron chi connectivity index (χ0n) is 20.6. The van der Waals surface area contributed by atoms with Crippen molar-refractivity contribution in [3.05, 3.63) is 83.9 Å². The molecule has 7 heteroatoms. The van der Waals surface area contributed by atoms with E-state index < -0.39 is 6.10 Å². The minimum absolute atomic E-state index is 0.0825. The van der Waals surface area contributed by atoms with Crippen LogP contribution < -0.4 is 19.7 Å².